The van der Waals surface area contributed by atoms with Crippen LogP contribution in [0.15, 0.2) is 16.1 Å². The summed E-state index contributed by atoms with van der Waals surface area (Å²) in [6, 6.07) is 0. The van der Waals surface area contributed by atoms with E-state index in [1.165, 1.54) is 19.3 Å². The number of hydrogen-bond acceptors (Lipinski definition) is 1. The Balaban J connectivity index is 2.34. The predicted octanol–water partition coefficient (Wildman–Crippen LogP) is 4.24. The lowest BCUT2D eigenvalue weighted by Gasteiger charge is -2.51. The molecule has 0 fully saturated rings. The SMILES string of the molecule is CC(C)C1(C(C)(C)C)CCC2=C(C=NC2)C1. The Morgan fingerprint density at radius 1 is 1.31 bits per heavy atom. The normalized spacial score (nSPS) is 30.1. The highest BCUT2D eigenvalue weighted by molar-refractivity contribution is 5.83. The summed E-state index contributed by atoms with van der Waals surface area (Å²) < 4.78 is 0. The Hall–Kier alpha value is -0.590. The molecule has 2 aliphatic rings. The Labute approximate surface area is 100 Å². The van der Waals surface area contributed by atoms with Gasteiger partial charge < -0.3 is 0 Å². The van der Waals surface area contributed by atoms with Crippen molar-refractivity contribution in [2.24, 2.45) is 21.7 Å². The molecule has 1 unspecified atom stereocenters. The van der Waals surface area contributed by atoms with E-state index >= 15 is 0 Å². The van der Waals surface area contributed by atoms with Crippen molar-refractivity contribution in [3.8, 4) is 0 Å². The van der Waals surface area contributed by atoms with Crippen LogP contribution in [0.4, 0.5) is 0 Å². The third kappa shape index (κ3) is 1.65. The second kappa shape index (κ2) is 3.72. The van der Waals surface area contributed by atoms with E-state index in [2.05, 4.69) is 45.8 Å². The zero-order chi connectivity index (χ0) is 12.0. The molecule has 0 bridgehead atoms. The summed E-state index contributed by atoms with van der Waals surface area (Å²) in [6.45, 7) is 13.0. The van der Waals surface area contributed by atoms with Gasteiger partial charge in [0.2, 0.25) is 0 Å². The van der Waals surface area contributed by atoms with Crippen molar-refractivity contribution in [3.05, 3.63) is 11.1 Å². The van der Waals surface area contributed by atoms with Crippen LogP contribution in [0, 0.1) is 16.7 Å². The fourth-order valence-electron chi connectivity index (χ4n) is 3.67. The summed E-state index contributed by atoms with van der Waals surface area (Å²) in [6.07, 6.45) is 5.99. The van der Waals surface area contributed by atoms with Crippen molar-refractivity contribution >= 4 is 6.21 Å². The standard InChI is InChI=1S/C15H25N/c1-11(2)15(14(3,4)5)7-6-12-9-16-10-13(12)8-15/h10-11H,6-9H2,1-5H3. The van der Waals surface area contributed by atoms with E-state index in [9.17, 15) is 0 Å². The van der Waals surface area contributed by atoms with Gasteiger partial charge in [0.05, 0.1) is 6.54 Å². The third-order valence-corrected chi connectivity index (χ3v) is 4.96. The van der Waals surface area contributed by atoms with Crippen LogP contribution in [0.3, 0.4) is 0 Å². The van der Waals surface area contributed by atoms with Gasteiger partial charge in [0.1, 0.15) is 0 Å². The summed E-state index contributed by atoms with van der Waals surface area (Å²) in [4.78, 5) is 4.44. The highest BCUT2D eigenvalue weighted by Gasteiger charge is 2.46. The van der Waals surface area contributed by atoms with E-state index in [0.29, 0.717) is 10.8 Å². The third-order valence-electron chi connectivity index (χ3n) is 4.96. The van der Waals surface area contributed by atoms with Gasteiger partial charge in [-0.2, -0.15) is 0 Å². The minimum absolute atomic E-state index is 0.385. The molecule has 1 aliphatic heterocycles. The molecule has 0 spiro atoms. The Bertz CT molecular complexity index is 341. The fourth-order valence-corrected chi connectivity index (χ4v) is 3.67. The molecule has 0 radical (unpaired) electrons. The highest BCUT2D eigenvalue weighted by Crippen LogP contribution is 2.55. The lowest BCUT2D eigenvalue weighted by Crippen LogP contribution is -2.42. The summed E-state index contributed by atoms with van der Waals surface area (Å²) in [5.74, 6) is 0.746. The quantitative estimate of drug-likeness (QED) is 0.625. The Kier molecular flexibility index (Phi) is 2.76. The van der Waals surface area contributed by atoms with E-state index < -0.39 is 0 Å². The van der Waals surface area contributed by atoms with Crippen molar-refractivity contribution in [1.29, 1.82) is 0 Å². The van der Waals surface area contributed by atoms with E-state index in [1.807, 2.05) is 0 Å². The lowest BCUT2D eigenvalue weighted by molar-refractivity contribution is 0.0172. The van der Waals surface area contributed by atoms with Gasteiger partial charge >= 0.3 is 0 Å². The average molecular weight is 219 g/mol. The second-order valence-electron chi connectivity index (χ2n) is 6.84. The number of nitrogens with zero attached hydrogens (tertiary/aromatic N) is 1. The van der Waals surface area contributed by atoms with Crippen LogP contribution in [0.1, 0.15) is 53.9 Å². The molecule has 0 saturated heterocycles. The van der Waals surface area contributed by atoms with Gasteiger partial charge in [0, 0.05) is 6.21 Å². The Morgan fingerprint density at radius 3 is 2.56 bits per heavy atom. The smallest absolute Gasteiger partial charge is 0.0605 e. The van der Waals surface area contributed by atoms with Crippen molar-refractivity contribution in [1.82, 2.24) is 0 Å². The average Bonchev–Trinajstić information content (AvgIpc) is 2.61. The number of allylic oxidation sites excluding steroid dienone is 1. The number of rotatable bonds is 1. The first-order chi connectivity index (χ1) is 7.37. The first-order valence-corrected chi connectivity index (χ1v) is 6.57. The van der Waals surface area contributed by atoms with Gasteiger partial charge in [-0.05, 0) is 47.2 Å². The summed E-state index contributed by atoms with van der Waals surface area (Å²) >= 11 is 0. The highest BCUT2D eigenvalue weighted by atomic mass is 14.7. The minimum Gasteiger partial charge on any atom is -0.288 e. The zero-order valence-electron chi connectivity index (χ0n) is 11.4. The molecule has 1 heterocycles. The predicted molar refractivity (Wildman–Crippen MR) is 71.0 cm³/mol. The van der Waals surface area contributed by atoms with Crippen LogP contribution in [0.25, 0.3) is 0 Å². The molecule has 0 aromatic rings. The molecule has 16 heavy (non-hydrogen) atoms. The van der Waals surface area contributed by atoms with Crippen molar-refractivity contribution in [2.75, 3.05) is 6.54 Å². The van der Waals surface area contributed by atoms with E-state index in [-0.39, 0.29) is 0 Å². The molecule has 0 amide bonds. The van der Waals surface area contributed by atoms with Gasteiger partial charge in [-0.25, -0.2) is 0 Å². The van der Waals surface area contributed by atoms with Crippen LogP contribution >= 0.6 is 0 Å². The van der Waals surface area contributed by atoms with Gasteiger partial charge in [0.25, 0.3) is 0 Å². The summed E-state index contributed by atoms with van der Waals surface area (Å²) in [5, 5.41) is 0. The topological polar surface area (TPSA) is 12.4 Å². The van der Waals surface area contributed by atoms with Crippen LogP contribution in [0.2, 0.25) is 0 Å². The van der Waals surface area contributed by atoms with E-state index in [1.54, 1.807) is 11.1 Å². The molecule has 1 nitrogen and oxygen atoms in total. The molecular formula is C15H25N. The molecule has 0 aromatic carbocycles. The van der Waals surface area contributed by atoms with Crippen LogP contribution < -0.4 is 0 Å². The maximum Gasteiger partial charge on any atom is 0.0605 e. The zero-order valence-corrected chi connectivity index (χ0v) is 11.4. The number of aliphatic imine (C=N–C) groups is 1. The molecule has 0 aromatic heterocycles. The van der Waals surface area contributed by atoms with E-state index in [0.717, 1.165) is 12.5 Å². The van der Waals surface area contributed by atoms with Gasteiger partial charge in [-0.3, -0.25) is 4.99 Å². The maximum atomic E-state index is 4.44. The number of hydrogen-bond donors (Lipinski definition) is 0. The lowest BCUT2D eigenvalue weighted by atomic mass is 9.54. The molecule has 0 saturated carbocycles. The van der Waals surface area contributed by atoms with Crippen LogP contribution in [0.5, 0.6) is 0 Å². The Morgan fingerprint density at radius 2 is 2.00 bits per heavy atom. The maximum absolute atomic E-state index is 4.44. The van der Waals surface area contributed by atoms with Crippen LogP contribution in [-0.2, 0) is 0 Å². The van der Waals surface area contributed by atoms with Crippen molar-refractivity contribution in [3.63, 3.8) is 0 Å². The molecule has 1 atom stereocenters. The first-order valence-electron chi connectivity index (χ1n) is 6.57. The molecule has 90 valence electrons. The van der Waals surface area contributed by atoms with Gasteiger partial charge in [-0.1, -0.05) is 34.6 Å². The molecule has 2 rings (SSSR count). The monoisotopic (exact) mass is 219 g/mol. The molecular weight excluding hydrogens is 194 g/mol. The van der Waals surface area contributed by atoms with Crippen molar-refractivity contribution in [2.45, 2.75) is 53.9 Å². The van der Waals surface area contributed by atoms with Gasteiger partial charge in [0.15, 0.2) is 0 Å². The van der Waals surface area contributed by atoms with Crippen LogP contribution in [-0.4, -0.2) is 12.8 Å². The van der Waals surface area contributed by atoms with Gasteiger partial charge in [-0.15, -0.1) is 0 Å². The molecule has 1 heteroatoms. The summed E-state index contributed by atoms with van der Waals surface area (Å²) in [5.41, 5.74) is 4.01. The molecule has 1 aliphatic carbocycles. The van der Waals surface area contributed by atoms with E-state index in [4.69, 9.17) is 0 Å². The first kappa shape index (κ1) is 11.9. The largest absolute Gasteiger partial charge is 0.288 e. The van der Waals surface area contributed by atoms with Crippen molar-refractivity contribution < 1.29 is 0 Å². The second-order valence-corrected chi connectivity index (χ2v) is 6.84. The fraction of sp³-hybridized carbons (Fsp3) is 0.800. The molecule has 0 N–H and O–H groups in total. The summed E-state index contributed by atoms with van der Waals surface area (Å²) in [7, 11) is 0. The minimum atomic E-state index is 0.385.